The number of non-ortho nitro benzene ring substituents is 1. The Morgan fingerprint density at radius 3 is 2.37 bits per heavy atom. The Morgan fingerprint density at radius 1 is 1.37 bits per heavy atom. The van der Waals surface area contributed by atoms with Crippen LogP contribution in [-0.2, 0) is 4.79 Å². The third-order valence-electron chi connectivity index (χ3n) is 2.11. The fraction of sp³-hybridized carbons (Fsp3) is 0.182. The molecule has 2 N–H and O–H groups in total. The van der Waals surface area contributed by atoms with Crippen molar-refractivity contribution in [2.45, 2.75) is 6.92 Å². The maximum absolute atomic E-state index is 11.3. The van der Waals surface area contributed by atoms with Gasteiger partial charge in [-0.2, -0.15) is 5.11 Å². The number of carbonyl (C=O) groups is 1. The van der Waals surface area contributed by atoms with Crippen LogP contribution in [-0.4, -0.2) is 23.0 Å². The first kappa shape index (κ1) is 14.3. The molecule has 0 fully saturated rings. The molecular formula is C11H12N4O4. The number of rotatable bonds is 4. The van der Waals surface area contributed by atoms with Gasteiger partial charge in [0.25, 0.3) is 11.6 Å². The lowest BCUT2D eigenvalue weighted by Gasteiger charge is -2.00. The largest absolute Gasteiger partial charge is 0.510 e. The van der Waals surface area contributed by atoms with Gasteiger partial charge in [-0.3, -0.25) is 14.9 Å². The van der Waals surface area contributed by atoms with Crippen molar-refractivity contribution in [3.05, 3.63) is 45.8 Å². The summed E-state index contributed by atoms with van der Waals surface area (Å²) in [7, 11) is 1.40. The highest BCUT2D eigenvalue weighted by molar-refractivity contribution is 5.93. The Morgan fingerprint density at radius 2 is 1.95 bits per heavy atom. The number of nitrogens with one attached hydrogen (secondary N) is 1. The SMILES string of the molecule is CNC(=O)/C(N=Nc1ccc([N+](=O)[O-])cc1)=C(\C)O. The molecule has 100 valence electrons. The van der Waals surface area contributed by atoms with Gasteiger partial charge in [-0.15, -0.1) is 5.11 Å². The van der Waals surface area contributed by atoms with Gasteiger partial charge in [-0.05, 0) is 19.1 Å². The van der Waals surface area contributed by atoms with E-state index in [0.717, 1.165) is 0 Å². The topological polar surface area (TPSA) is 117 Å². The van der Waals surface area contributed by atoms with Gasteiger partial charge >= 0.3 is 0 Å². The lowest BCUT2D eigenvalue weighted by Crippen LogP contribution is -2.20. The third-order valence-corrected chi connectivity index (χ3v) is 2.11. The summed E-state index contributed by atoms with van der Waals surface area (Å²) in [5, 5.41) is 29.4. The van der Waals surface area contributed by atoms with E-state index >= 15 is 0 Å². The van der Waals surface area contributed by atoms with Crippen molar-refractivity contribution in [2.24, 2.45) is 10.2 Å². The predicted molar refractivity (Wildman–Crippen MR) is 67.0 cm³/mol. The van der Waals surface area contributed by atoms with Crippen molar-refractivity contribution in [3.63, 3.8) is 0 Å². The first-order valence-corrected chi connectivity index (χ1v) is 5.24. The molecule has 19 heavy (non-hydrogen) atoms. The van der Waals surface area contributed by atoms with Crippen LogP contribution < -0.4 is 5.32 Å². The summed E-state index contributed by atoms with van der Waals surface area (Å²) in [5.74, 6) is -0.851. The van der Waals surface area contributed by atoms with Crippen molar-refractivity contribution in [2.75, 3.05) is 7.05 Å². The van der Waals surface area contributed by atoms with Crippen LogP contribution >= 0.6 is 0 Å². The quantitative estimate of drug-likeness (QED) is 0.285. The molecule has 0 aliphatic carbocycles. The number of likely N-dealkylation sites (N-methyl/N-ethyl adjacent to an activating group) is 1. The highest BCUT2D eigenvalue weighted by atomic mass is 16.6. The van der Waals surface area contributed by atoms with Crippen LogP contribution in [0.4, 0.5) is 11.4 Å². The molecular weight excluding hydrogens is 252 g/mol. The van der Waals surface area contributed by atoms with Crippen LogP contribution in [0.25, 0.3) is 0 Å². The molecule has 0 atom stereocenters. The summed E-state index contributed by atoms with van der Waals surface area (Å²) in [6.45, 7) is 1.30. The number of nitrogens with zero attached hydrogens (tertiary/aromatic N) is 3. The average Bonchev–Trinajstić information content (AvgIpc) is 2.38. The van der Waals surface area contributed by atoms with Crippen molar-refractivity contribution in [1.82, 2.24) is 5.32 Å². The van der Waals surface area contributed by atoms with Gasteiger partial charge in [0.15, 0.2) is 5.70 Å². The summed E-state index contributed by atoms with van der Waals surface area (Å²) in [5.41, 5.74) is 0.0356. The molecule has 0 saturated carbocycles. The minimum absolute atomic E-state index is 0.0700. The zero-order valence-electron chi connectivity index (χ0n) is 10.3. The van der Waals surface area contributed by atoms with Crippen LogP contribution in [0.2, 0.25) is 0 Å². The number of aliphatic hydroxyl groups excluding tert-OH is 1. The van der Waals surface area contributed by atoms with Crippen LogP contribution in [0, 0.1) is 10.1 Å². The number of benzene rings is 1. The van der Waals surface area contributed by atoms with Crippen LogP contribution in [0.1, 0.15) is 6.92 Å². The lowest BCUT2D eigenvalue weighted by atomic mass is 10.3. The normalized spacial score (nSPS) is 12.1. The minimum Gasteiger partial charge on any atom is -0.510 e. The van der Waals surface area contributed by atoms with Crippen LogP contribution in [0.5, 0.6) is 0 Å². The predicted octanol–water partition coefficient (Wildman–Crippen LogP) is 2.21. The molecule has 1 amide bonds. The van der Waals surface area contributed by atoms with Crippen LogP contribution in [0.15, 0.2) is 46.0 Å². The van der Waals surface area contributed by atoms with E-state index in [2.05, 4.69) is 15.5 Å². The Kier molecular flexibility index (Phi) is 4.69. The number of hydrogen-bond donors (Lipinski definition) is 2. The van der Waals surface area contributed by atoms with E-state index < -0.39 is 10.8 Å². The standard InChI is InChI=1S/C11H12N4O4/c1-7(16)10(11(17)12-2)14-13-8-3-5-9(6-4-8)15(18)19/h3-6,16H,1-2H3,(H,12,17)/b10-7-,14-13?. The molecule has 0 aromatic heterocycles. The second-order valence-electron chi connectivity index (χ2n) is 3.49. The Bertz CT molecular complexity index is 544. The van der Waals surface area contributed by atoms with Crippen molar-refractivity contribution >= 4 is 17.3 Å². The van der Waals surface area contributed by atoms with E-state index in [-0.39, 0.29) is 17.1 Å². The molecule has 0 aliphatic rings. The monoisotopic (exact) mass is 264 g/mol. The first-order valence-electron chi connectivity index (χ1n) is 5.24. The van der Waals surface area contributed by atoms with Gasteiger partial charge in [-0.25, -0.2) is 0 Å². The number of amides is 1. The van der Waals surface area contributed by atoms with E-state index in [1.165, 1.54) is 38.2 Å². The fourth-order valence-electron chi connectivity index (χ4n) is 1.15. The Hall–Kier alpha value is -2.77. The summed E-state index contributed by atoms with van der Waals surface area (Å²) >= 11 is 0. The van der Waals surface area contributed by atoms with Crippen LogP contribution in [0.3, 0.4) is 0 Å². The molecule has 0 heterocycles. The summed E-state index contributed by atoms with van der Waals surface area (Å²) in [6.07, 6.45) is 0. The average molecular weight is 264 g/mol. The van der Waals surface area contributed by atoms with Gasteiger partial charge in [0.1, 0.15) is 5.76 Å². The smallest absolute Gasteiger partial charge is 0.275 e. The Balaban J connectivity index is 2.94. The van der Waals surface area contributed by atoms with Gasteiger partial charge in [0.05, 0.1) is 10.6 Å². The number of carbonyl (C=O) groups excluding carboxylic acids is 1. The second kappa shape index (κ2) is 6.24. The summed E-state index contributed by atoms with van der Waals surface area (Å²) in [6, 6.07) is 5.30. The number of aliphatic hydroxyl groups is 1. The molecule has 8 heteroatoms. The fourth-order valence-corrected chi connectivity index (χ4v) is 1.15. The molecule has 0 unspecified atom stereocenters. The van der Waals surface area contributed by atoms with E-state index in [1.807, 2.05) is 0 Å². The zero-order valence-corrected chi connectivity index (χ0v) is 10.3. The van der Waals surface area contributed by atoms with Crippen molar-refractivity contribution in [3.8, 4) is 0 Å². The molecule has 1 aromatic carbocycles. The molecule has 0 aliphatic heterocycles. The number of hydrogen-bond acceptors (Lipinski definition) is 6. The van der Waals surface area contributed by atoms with Gasteiger partial charge in [-0.1, -0.05) is 0 Å². The molecule has 0 bridgehead atoms. The molecule has 0 radical (unpaired) electrons. The van der Waals surface area contributed by atoms with Gasteiger partial charge in [0, 0.05) is 19.2 Å². The summed E-state index contributed by atoms with van der Waals surface area (Å²) < 4.78 is 0. The van der Waals surface area contributed by atoms with E-state index in [9.17, 15) is 20.0 Å². The Labute approximate surface area is 108 Å². The molecule has 0 spiro atoms. The van der Waals surface area contributed by atoms with Gasteiger partial charge < -0.3 is 10.4 Å². The third kappa shape index (κ3) is 3.87. The number of nitro benzene ring substituents is 1. The highest BCUT2D eigenvalue weighted by Gasteiger charge is 2.10. The van der Waals surface area contributed by atoms with Crippen molar-refractivity contribution in [1.29, 1.82) is 0 Å². The lowest BCUT2D eigenvalue weighted by molar-refractivity contribution is -0.384. The molecule has 0 saturated heterocycles. The molecule has 1 aromatic rings. The first-order chi connectivity index (χ1) is 8.95. The van der Waals surface area contributed by atoms with E-state index in [4.69, 9.17) is 0 Å². The maximum Gasteiger partial charge on any atom is 0.275 e. The van der Waals surface area contributed by atoms with E-state index in [1.54, 1.807) is 0 Å². The number of nitro groups is 1. The number of azo groups is 1. The second-order valence-corrected chi connectivity index (χ2v) is 3.49. The van der Waals surface area contributed by atoms with Crippen molar-refractivity contribution < 1.29 is 14.8 Å². The van der Waals surface area contributed by atoms with E-state index in [0.29, 0.717) is 5.69 Å². The summed E-state index contributed by atoms with van der Waals surface area (Å²) in [4.78, 5) is 21.3. The minimum atomic E-state index is -0.578. The maximum atomic E-state index is 11.3. The number of allylic oxidation sites excluding steroid dienone is 1. The molecule has 1 rings (SSSR count). The zero-order chi connectivity index (χ0) is 14.4. The van der Waals surface area contributed by atoms with Gasteiger partial charge in [0.2, 0.25) is 0 Å². The highest BCUT2D eigenvalue weighted by Crippen LogP contribution is 2.19. The molecule has 8 nitrogen and oxygen atoms in total.